The van der Waals surface area contributed by atoms with Crippen molar-refractivity contribution in [1.29, 1.82) is 0 Å². The van der Waals surface area contributed by atoms with Gasteiger partial charge in [0.2, 0.25) is 0 Å². The van der Waals surface area contributed by atoms with Crippen molar-refractivity contribution in [2.45, 2.75) is 51.4 Å². The van der Waals surface area contributed by atoms with Crippen molar-refractivity contribution in [2.24, 2.45) is 5.92 Å². The second-order valence-corrected chi connectivity index (χ2v) is 6.14. The Kier molecular flexibility index (Phi) is 6.35. The van der Waals surface area contributed by atoms with Gasteiger partial charge >= 0.3 is 0 Å². The van der Waals surface area contributed by atoms with E-state index in [0.717, 1.165) is 36.7 Å². The maximum atomic E-state index is 5.45. The molecule has 0 aliphatic heterocycles. The monoisotopic (exact) mass is 275 g/mol. The van der Waals surface area contributed by atoms with Gasteiger partial charge in [0, 0.05) is 13.0 Å². The summed E-state index contributed by atoms with van der Waals surface area (Å²) in [7, 11) is 0. The number of hydrogen-bond donors (Lipinski definition) is 1. The van der Waals surface area contributed by atoms with Crippen molar-refractivity contribution in [2.75, 3.05) is 6.54 Å². The van der Waals surface area contributed by atoms with Crippen molar-refractivity contribution < 1.29 is 0 Å². The van der Waals surface area contributed by atoms with E-state index in [1.165, 1.54) is 37.7 Å². The molecule has 1 aromatic rings. The van der Waals surface area contributed by atoms with Gasteiger partial charge in [-0.1, -0.05) is 74.7 Å². The summed E-state index contributed by atoms with van der Waals surface area (Å²) in [5.74, 6) is 0.850. The van der Waals surface area contributed by atoms with Crippen LogP contribution in [0.15, 0.2) is 30.3 Å². The summed E-state index contributed by atoms with van der Waals surface area (Å²) in [5.41, 5.74) is 1.42. The minimum atomic E-state index is 0.850. The second kappa shape index (κ2) is 8.31. The molecule has 0 amide bonds. The fourth-order valence-corrected chi connectivity index (χ4v) is 3.23. The lowest BCUT2D eigenvalue weighted by Crippen LogP contribution is -2.25. The lowest BCUT2D eigenvalue weighted by atomic mass is 9.87. The van der Waals surface area contributed by atoms with Crippen molar-refractivity contribution in [3.05, 3.63) is 35.9 Å². The van der Waals surface area contributed by atoms with Crippen molar-refractivity contribution in [3.63, 3.8) is 0 Å². The molecule has 0 radical (unpaired) electrons. The van der Waals surface area contributed by atoms with E-state index < -0.39 is 0 Å². The summed E-state index contributed by atoms with van der Waals surface area (Å²) in [6.07, 6.45) is 10.4. The molecule has 0 unspecified atom stereocenters. The number of aryl methyl sites for hydroxylation is 1. The molecule has 1 saturated carbocycles. The summed E-state index contributed by atoms with van der Waals surface area (Å²) in [4.78, 5) is 1.08. The zero-order valence-corrected chi connectivity index (χ0v) is 12.6. The number of thiocarbonyl (C=S) groups is 1. The smallest absolute Gasteiger partial charge is 0.0756 e. The Morgan fingerprint density at radius 3 is 2.58 bits per heavy atom. The van der Waals surface area contributed by atoms with Crippen molar-refractivity contribution in [1.82, 2.24) is 5.32 Å². The van der Waals surface area contributed by atoms with Gasteiger partial charge in [-0.2, -0.15) is 0 Å². The highest BCUT2D eigenvalue weighted by atomic mass is 32.1. The third-order valence-electron chi connectivity index (χ3n) is 4.01. The first-order valence-corrected chi connectivity index (χ1v) is 8.06. The van der Waals surface area contributed by atoms with Gasteiger partial charge in [0.25, 0.3) is 0 Å². The van der Waals surface area contributed by atoms with E-state index in [2.05, 4.69) is 35.6 Å². The van der Waals surface area contributed by atoms with Gasteiger partial charge in [0.15, 0.2) is 0 Å². The van der Waals surface area contributed by atoms with Crippen molar-refractivity contribution >= 4 is 17.2 Å². The maximum absolute atomic E-state index is 5.45. The molecule has 0 aromatic heterocycles. The Morgan fingerprint density at radius 1 is 1.11 bits per heavy atom. The standard InChI is InChI=1S/C17H25NS/c19-17(14-16-10-5-2-6-11-16)18-13-7-12-15-8-3-1-4-9-15/h1,3-4,8-9,16H,2,5-7,10-14H2,(H,18,19). The number of rotatable bonds is 6. The largest absolute Gasteiger partial charge is 0.380 e. The third-order valence-corrected chi connectivity index (χ3v) is 4.32. The zero-order chi connectivity index (χ0) is 13.3. The highest BCUT2D eigenvalue weighted by Gasteiger charge is 2.14. The molecule has 1 aromatic carbocycles. The summed E-state index contributed by atoms with van der Waals surface area (Å²) >= 11 is 5.45. The van der Waals surface area contributed by atoms with Gasteiger partial charge in [0.05, 0.1) is 4.99 Å². The van der Waals surface area contributed by atoms with Crippen LogP contribution in [0.3, 0.4) is 0 Å². The highest BCUT2D eigenvalue weighted by molar-refractivity contribution is 7.80. The summed E-state index contributed by atoms with van der Waals surface area (Å²) in [5, 5.41) is 3.43. The predicted molar refractivity (Wildman–Crippen MR) is 86.6 cm³/mol. The van der Waals surface area contributed by atoms with Crippen LogP contribution in [0.25, 0.3) is 0 Å². The first kappa shape index (κ1) is 14.5. The Hall–Kier alpha value is -0.890. The van der Waals surface area contributed by atoms with E-state index in [1.54, 1.807) is 0 Å². The summed E-state index contributed by atoms with van der Waals surface area (Å²) in [6.45, 7) is 1.01. The lowest BCUT2D eigenvalue weighted by molar-refractivity contribution is 0.367. The molecule has 0 heterocycles. The van der Waals surface area contributed by atoms with Crippen molar-refractivity contribution in [3.8, 4) is 0 Å². The topological polar surface area (TPSA) is 12.0 Å². The lowest BCUT2D eigenvalue weighted by Gasteiger charge is -2.22. The first-order chi connectivity index (χ1) is 9.34. The average molecular weight is 275 g/mol. The molecule has 1 aliphatic carbocycles. The second-order valence-electron chi connectivity index (χ2n) is 5.65. The van der Waals surface area contributed by atoms with E-state index >= 15 is 0 Å². The van der Waals surface area contributed by atoms with E-state index in [-0.39, 0.29) is 0 Å². The molecule has 1 N–H and O–H groups in total. The van der Waals surface area contributed by atoms with Gasteiger partial charge in [-0.3, -0.25) is 0 Å². The molecule has 1 aliphatic rings. The molecule has 0 saturated heterocycles. The van der Waals surface area contributed by atoms with Crippen LogP contribution < -0.4 is 5.32 Å². The van der Waals surface area contributed by atoms with Crippen LogP contribution in [-0.2, 0) is 6.42 Å². The Morgan fingerprint density at radius 2 is 1.84 bits per heavy atom. The van der Waals surface area contributed by atoms with Crippen LogP contribution in [0, 0.1) is 5.92 Å². The minimum absolute atomic E-state index is 0.850. The van der Waals surface area contributed by atoms with Gasteiger partial charge in [-0.05, 0) is 24.3 Å². The fraction of sp³-hybridized carbons (Fsp3) is 0.588. The molecule has 1 nitrogen and oxygen atoms in total. The van der Waals surface area contributed by atoms with Crippen LogP contribution in [0.2, 0.25) is 0 Å². The van der Waals surface area contributed by atoms with E-state index in [4.69, 9.17) is 12.2 Å². The van der Waals surface area contributed by atoms with Crippen LogP contribution in [-0.4, -0.2) is 11.5 Å². The maximum Gasteiger partial charge on any atom is 0.0756 e. The Balaban J connectivity index is 1.56. The summed E-state index contributed by atoms with van der Waals surface area (Å²) in [6, 6.07) is 10.7. The number of nitrogens with one attached hydrogen (secondary N) is 1. The number of benzene rings is 1. The SMILES string of the molecule is S=C(CC1CCCCC1)NCCCc1ccccc1. The highest BCUT2D eigenvalue weighted by Crippen LogP contribution is 2.26. The van der Waals surface area contributed by atoms with Gasteiger partial charge in [-0.15, -0.1) is 0 Å². The van der Waals surface area contributed by atoms with Crippen LogP contribution >= 0.6 is 12.2 Å². The molecule has 1 fully saturated rings. The zero-order valence-electron chi connectivity index (χ0n) is 11.7. The molecule has 104 valence electrons. The van der Waals surface area contributed by atoms with Crippen LogP contribution in [0.4, 0.5) is 0 Å². The van der Waals surface area contributed by atoms with E-state index in [1.807, 2.05) is 0 Å². The summed E-state index contributed by atoms with van der Waals surface area (Å²) < 4.78 is 0. The number of hydrogen-bond acceptors (Lipinski definition) is 1. The van der Waals surface area contributed by atoms with Crippen LogP contribution in [0.5, 0.6) is 0 Å². The normalized spacial score (nSPS) is 16.2. The van der Waals surface area contributed by atoms with E-state index in [0.29, 0.717) is 0 Å². The average Bonchev–Trinajstić information content (AvgIpc) is 2.46. The minimum Gasteiger partial charge on any atom is -0.380 e. The first-order valence-electron chi connectivity index (χ1n) is 7.65. The predicted octanol–water partition coefficient (Wildman–Crippen LogP) is 4.51. The Labute approximate surface area is 122 Å². The van der Waals surface area contributed by atoms with E-state index in [9.17, 15) is 0 Å². The molecule has 0 bridgehead atoms. The fourth-order valence-electron chi connectivity index (χ4n) is 2.89. The molecular formula is C17H25NS. The molecule has 19 heavy (non-hydrogen) atoms. The molecular weight excluding hydrogens is 250 g/mol. The van der Waals surface area contributed by atoms with Gasteiger partial charge < -0.3 is 5.32 Å². The molecule has 0 spiro atoms. The Bertz CT molecular complexity index is 368. The van der Waals surface area contributed by atoms with Crippen LogP contribution in [0.1, 0.15) is 50.5 Å². The van der Waals surface area contributed by atoms with Gasteiger partial charge in [-0.25, -0.2) is 0 Å². The quantitative estimate of drug-likeness (QED) is 0.605. The molecule has 2 heteroatoms. The molecule has 2 rings (SSSR count). The molecule has 0 atom stereocenters. The third kappa shape index (κ3) is 5.73. The van der Waals surface area contributed by atoms with Gasteiger partial charge in [0.1, 0.15) is 0 Å².